The van der Waals surface area contributed by atoms with Crippen molar-refractivity contribution in [2.75, 3.05) is 0 Å². The van der Waals surface area contributed by atoms with E-state index in [-0.39, 0.29) is 0 Å². The van der Waals surface area contributed by atoms with Crippen LogP contribution in [0.15, 0.2) is 41.7 Å². The third kappa shape index (κ3) is 3.00. The third-order valence-corrected chi connectivity index (χ3v) is 6.01. The molecule has 0 saturated heterocycles. The summed E-state index contributed by atoms with van der Waals surface area (Å²) in [6, 6.07) is 10.7. The maximum atomic E-state index is 6.40. The van der Waals surface area contributed by atoms with Crippen LogP contribution < -0.4 is 5.19 Å². The van der Waals surface area contributed by atoms with Crippen molar-refractivity contribution >= 4 is 13.5 Å². The van der Waals surface area contributed by atoms with Gasteiger partial charge in [-0.2, -0.15) is 0 Å². The molecule has 1 aliphatic rings. The van der Waals surface area contributed by atoms with Crippen molar-refractivity contribution in [2.24, 2.45) is 0 Å². The van der Waals surface area contributed by atoms with Crippen LogP contribution in [0.3, 0.4) is 0 Å². The van der Waals surface area contributed by atoms with E-state index in [1.54, 1.807) is 0 Å². The van der Waals surface area contributed by atoms with E-state index in [0.717, 1.165) is 6.42 Å². The van der Waals surface area contributed by atoms with Gasteiger partial charge >= 0.3 is 0 Å². The molecule has 0 heterocycles. The monoisotopic (exact) mass is 246 g/mol. The van der Waals surface area contributed by atoms with Gasteiger partial charge in [0.1, 0.15) is 0 Å². The van der Waals surface area contributed by atoms with Gasteiger partial charge in [0.05, 0.1) is 5.76 Å². The lowest BCUT2D eigenvalue weighted by atomic mass is 9.99. The highest BCUT2D eigenvalue weighted by atomic mass is 28.4. The summed E-state index contributed by atoms with van der Waals surface area (Å²) < 4.78 is 6.40. The summed E-state index contributed by atoms with van der Waals surface area (Å²) in [5, 5.41) is 1.38. The van der Waals surface area contributed by atoms with E-state index in [4.69, 9.17) is 4.43 Å². The third-order valence-electron chi connectivity index (χ3n) is 3.53. The van der Waals surface area contributed by atoms with Gasteiger partial charge in [0.15, 0.2) is 0 Å². The summed E-state index contributed by atoms with van der Waals surface area (Å²) in [7, 11) is -1.77. The number of benzene rings is 1. The minimum Gasteiger partial charge on any atom is -0.543 e. The standard InChI is InChI=1S/C15H22OSi/c1-13-9-7-8-12-15(13)16-17(2,3)14-10-5-4-6-11-14/h4-6,10-11H,7-9,12H2,1-3H3. The summed E-state index contributed by atoms with van der Waals surface area (Å²) >= 11 is 0. The van der Waals surface area contributed by atoms with E-state index >= 15 is 0 Å². The second-order valence-electron chi connectivity index (χ2n) is 5.39. The summed E-state index contributed by atoms with van der Waals surface area (Å²) in [6.07, 6.45) is 4.96. The second-order valence-corrected chi connectivity index (χ2v) is 9.19. The smallest absolute Gasteiger partial charge is 0.276 e. The van der Waals surface area contributed by atoms with Crippen LogP contribution in [0.1, 0.15) is 32.6 Å². The van der Waals surface area contributed by atoms with Gasteiger partial charge in [-0.05, 0) is 50.0 Å². The minimum atomic E-state index is -1.77. The highest BCUT2D eigenvalue weighted by Crippen LogP contribution is 2.27. The molecular weight excluding hydrogens is 224 g/mol. The second kappa shape index (κ2) is 5.09. The first-order valence-electron chi connectivity index (χ1n) is 6.53. The largest absolute Gasteiger partial charge is 0.543 e. The molecule has 0 bridgehead atoms. The summed E-state index contributed by atoms with van der Waals surface area (Å²) in [5.41, 5.74) is 1.47. The molecule has 0 saturated carbocycles. The number of hydrogen-bond donors (Lipinski definition) is 0. The molecule has 0 atom stereocenters. The molecule has 17 heavy (non-hydrogen) atoms. The number of rotatable bonds is 3. The van der Waals surface area contributed by atoms with E-state index in [2.05, 4.69) is 50.3 Å². The Morgan fingerprint density at radius 3 is 2.29 bits per heavy atom. The first kappa shape index (κ1) is 12.4. The van der Waals surface area contributed by atoms with Gasteiger partial charge in [-0.3, -0.25) is 0 Å². The predicted molar refractivity (Wildman–Crippen MR) is 75.8 cm³/mol. The van der Waals surface area contributed by atoms with E-state index in [0.29, 0.717) is 0 Å². The van der Waals surface area contributed by atoms with E-state index < -0.39 is 8.32 Å². The van der Waals surface area contributed by atoms with Gasteiger partial charge < -0.3 is 4.43 Å². The van der Waals surface area contributed by atoms with Crippen molar-refractivity contribution in [1.82, 2.24) is 0 Å². The molecule has 92 valence electrons. The van der Waals surface area contributed by atoms with Gasteiger partial charge in [0.25, 0.3) is 8.32 Å². The van der Waals surface area contributed by atoms with Crippen molar-refractivity contribution in [2.45, 2.75) is 45.7 Å². The Kier molecular flexibility index (Phi) is 3.72. The molecule has 1 aromatic rings. The molecule has 2 rings (SSSR count). The summed E-state index contributed by atoms with van der Waals surface area (Å²) in [4.78, 5) is 0. The van der Waals surface area contributed by atoms with Crippen LogP contribution in [0.25, 0.3) is 0 Å². The lowest BCUT2D eigenvalue weighted by molar-refractivity contribution is 0.375. The van der Waals surface area contributed by atoms with Gasteiger partial charge in [0, 0.05) is 6.42 Å². The average molecular weight is 246 g/mol. The fourth-order valence-corrected chi connectivity index (χ4v) is 4.38. The van der Waals surface area contributed by atoms with Crippen LogP contribution in [-0.2, 0) is 4.43 Å². The first-order valence-corrected chi connectivity index (χ1v) is 9.43. The lowest BCUT2D eigenvalue weighted by Gasteiger charge is -2.29. The van der Waals surface area contributed by atoms with Crippen LogP contribution >= 0.6 is 0 Å². The Labute approximate surface area is 106 Å². The van der Waals surface area contributed by atoms with Crippen LogP contribution in [0.2, 0.25) is 13.1 Å². The zero-order chi connectivity index (χ0) is 12.3. The molecule has 0 aromatic heterocycles. The molecule has 2 heteroatoms. The van der Waals surface area contributed by atoms with Gasteiger partial charge in [-0.15, -0.1) is 0 Å². The molecule has 0 amide bonds. The molecule has 1 nitrogen and oxygen atoms in total. The van der Waals surface area contributed by atoms with E-state index in [9.17, 15) is 0 Å². The maximum absolute atomic E-state index is 6.40. The fraction of sp³-hybridized carbons (Fsp3) is 0.467. The average Bonchev–Trinajstić information content (AvgIpc) is 2.33. The quantitative estimate of drug-likeness (QED) is 0.733. The molecule has 0 spiro atoms. The molecule has 1 aliphatic carbocycles. The Balaban J connectivity index is 2.17. The van der Waals surface area contributed by atoms with Crippen molar-refractivity contribution in [3.63, 3.8) is 0 Å². The zero-order valence-electron chi connectivity index (χ0n) is 11.1. The summed E-state index contributed by atoms with van der Waals surface area (Å²) in [5.74, 6) is 1.27. The normalized spacial score (nSPS) is 17.1. The van der Waals surface area contributed by atoms with E-state index in [1.807, 2.05) is 0 Å². The Bertz CT molecular complexity index is 406. The number of hydrogen-bond acceptors (Lipinski definition) is 1. The topological polar surface area (TPSA) is 9.23 Å². The highest BCUT2D eigenvalue weighted by Gasteiger charge is 2.28. The minimum absolute atomic E-state index is 1.13. The van der Waals surface area contributed by atoms with Gasteiger partial charge in [-0.1, -0.05) is 30.3 Å². The van der Waals surface area contributed by atoms with Crippen molar-refractivity contribution in [1.29, 1.82) is 0 Å². The van der Waals surface area contributed by atoms with Crippen LogP contribution in [-0.4, -0.2) is 8.32 Å². The summed E-state index contributed by atoms with van der Waals surface area (Å²) in [6.45, 7) is 6.80. The SMILES string of the molecule is CC1=C(O[Si](C)(C)c2ccccc2)CCCC1. The molecule has 1 aromatic carbocycles. The molecule has 0 unspecified atom stereocenters. The lowest BCUT2D eigenvalue weighted by Crippen LogP contribution is -2.44. The Morgan fingerprint density at radius 2 is 1.65 bits per heavy atom. The molecule has 0 aliphatic heterocycles. The van der Waals surface area contributed by atoms with Crippen LogP contribution in [0, 0.1) is 0 Å². The Hall–Kier alpha value is -1.02. The van der Waals surface area contributed by atoms with Crippen molar-refractivity contribution in [3.05, 3.63) is 41.7 Å². The maximum Gasteiger partial charge on any atom is 0.276 e. The zero-order valence-corrected chi connectivity index (χ0v) is 12.1. The molecule has 0 fully saturated rings. The number of allylic oxidation sites excluding steroid dienone is 2. The van der Waals surface area contributed by atoms with Gasteiger partial charge in [0.2, 0.25) is 0 Å². The van der Waals surface area contributed by atoms with Crippen molar-refractivity contribution in [3.8, 4) is 0 Å². The first-order chi connectivity index (χ1) is 8.09. The van der Waals surface area contributed by atoms with E-state index in [1.165, 1.54) is 35.8 Å². The van der Waals surface area contributed by atoms with Crippen LogP contribution in [0.4, 0.5) is 0 Å². The molecule has 0 N–H and O–H groups in total. The van der Waals surface area contributed by atoms with Crippen LogP contribution in [0.5, 0.6) is 0 Å². The Morgan fingerprint density at radius 1 is 1.00 bits per heavy atom. The predicted octanol–water partition coefficient (Wildman–Crippen LogP) is 3.96. The fourth-order valence-electron chi connectivity index (χ4n) is 2.37. The highest BCUT2D eigenvalue weighted by molar-refractivity contribution is 6.84. The van der Waals surface area contributed by atoms with Gasteiger partial charge in [-0.25, -0.2) is 0 Å². The molecule has 0 radical (unpaired) electrons. The molecular formula is C15H22OSi. The van der Waals surface area contributed by atoms with Crippen molar-refractivity contribution < 1.29 is 4.43 Å².